The molecule has 1 unspecified atom stereocenters. The molecule has 1 aliphatic heterocycles. The smallest absolute Gasteiger partial charge is 0.454 e. The van der Waals surface area contributed by atoms with Crippen molar-refractivity contribution in [1.29, 1.82) is 0 Å². The van der Waals surface area contributed by atoms with E-state index in [1.165, 1.54) is 18.1 Å². The van der Waals surface area contributed by atoms with Crippen LogP contribution >= 0.6 is 11.6 Å². The lowest BCUT2D eigenvalue weighted by Gasteiger charge is -2.22. The second-order valence-corrected chi connectivity index (χ2v) is 5.84. The van der Waals surface area contributed by atoms with Crippen LogP contribution in [0.15, 0.2) is 30.5 Å². The van der Waals surface area contributed by atoms with Crippen LogP contribution in [-0.4, -0.2) is 42.5 Å². The fraction of sp³-hybridized carbons (Fsp3) is 0.375. The van der Waals surface area contributed by atoms with Crippen molar-refractivity contribution < 1.29 is 27.5 Å². The Balaban J connectivity index is 2.09. The Morgan fingerprint density at radius 2 is 2.12 bits per heavy atom. The molecule has 1 saturated heterocycles. The quantitative estimate of drug-likeness (QED) is 0.800. The lowest BCUT2D eigenvalue weighted by Crippen LogP contribution is -2.37. The molecule has 0 radical (unpaired) electrons. The number of nitrogens with zero attached hydrogens (tertiary/aromatic N) is 1. The summed E-state index contributed by atoms with van der Waals surface area (Å²) < 4.78 is 41.9. The molecule has 1 amide bonds. The molecule has 0 saturated carbocycles. The Hall–Kier alpha value is -2.22. The van der Waals surface area contributed by atoms with Crippen molar-refractivity contribution >= 4 is 29.0 Å². The number of ketones is 1. The van der Waals surface area contributed by atoms with Crippen molar-refractivity contribution in [3.8, 4) is 5.75 Å². The molecule has 136 valence electrons. The second-order valence-electron chi connectivity index (χ2n) is 5.41. The van der Waals surface area contributed by atoms with E-state index < -0.39 is 23.9 Å². The largest absolute Gasteiger partial charge is 0.495 e. The molecule has 0 aliphatic carbocycles. The van der Waals surface area contributed by atoms with Gasteiger partial charge in [-0.1, -0.05) is 11.6 Å². The molecule has 25 heavy (non-hydrogen) atoms. The van der Waals surface area contributed by atoms with Crippen molar-refractivity contribution in [2.24, 2.45) is 0 Å². The topological polar surface area (TPSA) is 58.6 Å². The van der Waals surface area contributed by atoms with E-state index in [2.05, 4.69) is 5.32 Å². The highest BCUT2D eigenvalue weighted by Crippen LogP contribution is 2.29. The Morgan fingerprint density at radius 1 is 1.40 bits per heavy atom. The van der Waals surface area contributed by atoms with E-state index in [9.17, 15) is 22.8 Å². The van der Waals surface area contributed by atoms with Crippen molar-refractivity contribution in [3.05, 3.63) is 35.5 Å². The summed E-state index contributed by atoms with van der Waals surface area (Å²) in [4.78, 5) is 24.8. The van der Waals surface area contributed by atoms with Gasteiger partial charge in [-0.25, -0.2) is 0 Å². The molecule has 1 atom stereocenters. The van der Waals surface area contributed by atoms with Gasteiger partial charge in [-0.05, 0) is 31.0 Å². The van der Waals surface area contributed by atoms with Gasteiger partial charge in [-0.15, -0.1) is 0 Å². The lowest BCUT2D eigenvalue weighted by molar-refractivity contribution is -0.165. The van der Waals surface area contributed by atoms with Gasteiger partial charge in [0.2, 0.25) is 5.91 Å². The number of likely N-dealkylation sites (tertiary alicyclic amines) is 1. The molecule has 5 nitrogen and oxygen atoms in total. The number of benzene rings is 1. The predicted molar refractivity (Wildman–Crippen MR) is 86.6 cm³/mol. The molecule has 9 heteroatoms. The molecule has 1 aliphatic rings. The van der Waals surface area contributed by atoms with Gasteiger partial charge in [0.25, 0.3) is 5.78 Å². The number of methoxy groups -OCH3 is 1. The number of alkyl halides is 3. The summed E-state index contributed by atoms with van der Waals surface area (Å²) in [5.74, 6) is -1.97. The Labute approximate surface area is 147 Å². The number of rotatable bonds is 5. The molecule has 0 bridgehead atoms. The standard InChI is InChI=1S/C16H16ClF3N2O3/c1-25-13-5-4-10(17)9-11(13)21-15(24)12-3-2-7-22(12)8-6-14(23)16(18,19)20/h4-6,8-9,12H,2-3,7H2,1H3,(H,21,24). The molecule has 1 aromatic rings. The average Bonchev–Trinajstić information content (AvgIpc) is 3.00. The van der Waals surface area contributed by atoms with Crippen LogP contribution in [0.4, 0.5) is 18.9 Å². The monoisotopic (exact) mass is 376 g/mol. The minimum Gasteiger partial charge on any atom is -0.495 e. The van der Waals surface area contributed by atoms with Crippen LogP contribution in [0.2, 0.25) is 5.02 Å². The Morgan fingerprint density at radius 3 is 2.76 bits per heavy atom. The van der Waals surface area contributed by atoms with Gasteiger partial charge in [0.05, 0.1) is 12.8 Å². The Kier molecular flexibility index (Phi) is 5.94. The van der Waals surface area contributed by atoms with E-state index in [-0.39, 0.29) is 0 Å². The van der Waals surface area contributed by atoms with E-state index in [0.717, 1.165) is 6.20 Å². The van der Waals surface area contributed by atoms with Gasteiger partial charge >= 0.3 is 6.18 Å². The zero-order chi connectivity index (χ0) is 18.6. The van der Waals surface area contributed by atoms with Gasteiger partial charge in [-0.3, -0.25) is 9.59 Å². The Bertz CT molecular complexity index is 692. The molecule has 0 aromatic heterocycles. The SMILES string of the molecule is COc1ccc(Cl)cc1NC(=O)C1CCCN1C=CC(=O)C(F)(F)F. The summed E-state index contributed by atoms with van der Waals surface area (Å²) in [5.41, 5.74) is 0.363. The summed E-state index contributed by atoms with van der Waals surface area (Å²) in [6.07, 6.45) is -2.40. The number of allylic oxidation sites excluding steroid dienone is 1. The fourth-order valence-corrected chi connectivity index (χ4v) is 2.67. The summed E-state index contributed by atoms with van der Waals surface area (Å²) >= 11 is 5.90. The molecule has 1 aromatic carbocycles. The van der Waals surface area contributed by atoms with E-state index in [4.69, 9.17) is 16.3 Å². The van der Waals surface area contributed by atoms with Crippen LogP contribution in [0.3, 0.4) is 0 Å². The van der Waals surface area contributed by atoms with Crippen molar-refractivity contribution in [1.82, 2.24) is 4.90 Å². The third-order valence-electron chi connectivity index (χ3n) is 3.71. The number of anilines is 1. The van der Waals surface area contributed by atoms with Gasteiger partial charge in [0, 0.05) is 23.8 Å². The third-order valence-corrected chi connectivity index (χ3v) is 3.95. The number of amides is 1. The summed E-state index contributed by atoms with van der Waals surface area (Å²) in [6, 6.07) is 4.02. The summed E-state index contributed by atoms with van der Waals surface area (Å²) in [7, 11) is 1.44. The molecule has 1 fully saturated rings. The molecular formula is C16H16ClF3N2O3. The number of nitrogens with one attached hydrogen (secondary N) is 1. The number of hydrogen-bond acceptors (Lipinski definition) is 4. The van der Waals surface area contributed by atoms with Gasteiger partial charge < -0.3 is 15.0 Å². The normalized spacial score (nSPS) is 17.8. The fourth-order valence-electron chi connectivity index (χ4n) is 2.50. The van der Waals surface area contributed by atoms with Crippen molar-refractivity contribution in [3.63, 3.8) is 0 Å². The van der Waals surface area contributed by atoms with Gasteiger partial charge in [0.15, 0.2) is 0 Å². The summed E-state index contributed by atoms with van der Waals surface area (Å²) in [6.45, 7) is 0.381. The maximum Gasteiger partial charge on any atom is 0.454 e. The maximum atomic E-state index is 12.5. The first-order chi connectivity index (χ1) is 11.7. The number of hydrogen-bond donors (Lipinski definition) is 1. The highest BCUT2D eigenvalue weighted by Gasteiger charge is 2.37. The minimum absolute atomic E-state index is 0.363. The van der Waals surface area contributed by atoms with Crippen LogP contribution in [0.25, 0.3) is 0 Å². The van der Waals surface area contributed by atoms with Crippen molar-refractivity contribution in [2.45, 2.75) is 25.1 Å². The zero-order valence-electron chi connectivity index (χ0n) is 13.3. The first kappa shape index (κ1) is 19.1. The van der Waals surface area contributed by atoms with E-state index >= 15 is 0 Å². The van der Waals surface area contributed by atoms with Crippen LogP contribution in [0, 0.1) is 0 Å². The first-order valence-corrected chi connectivity index (χ1v) is 7.79. The predicted octanol–water partition coefficient (Wildman–Crippen LogP) is 3.40. The minimum atomic E-state index is -4.93. The lowest BCUT2D eigenvalue weighted by atomic mass is 10.2. The first-order valence-electron chi connectivity index (χ1n) is 7.42. The number of ether oxygens (including phenoxy) is 1. The molecular weight excluding hydrogens is 361 g/mol. The maximum absolute atomic E-state index is 12.5. The molecule has 0 spiro atoms. The average molecular weight is 377 g/mol. The third kappa shape index (κ3) is 4.88. The van der Waals surface area contributed by atoms with E-state index in [0.29, 0.717) is 41.9 Å². The zero-order valence-corrected chi connectivity index (χ0v) is 14.0. The van der Waals surface area contributed by atoms with Crippen LogP contribution in [0.5, 0.6) is 5.75 Å². The van der Waals surface area contributed by atoms with Crippen molar-refractivity contribution in [2.75, 3.05) is 19.0 Å². The van der Waals surface area contributed by atoms with Crippen LogP contribution < -0.4 is 10.1 Å². The van der Waals surface area contributed by atoms with Crippen LogP contribution in [-0.2, 0) is 9.59 Å². The number of halogens is 4. The molecule has 1 N–H and O–H groups in total. The molecule has 2 rings (SSSR count). The number of carbonyl (C=O) groups is 2. The highest BCUT2D eigenvalue weighted by molar-refractivity contribution is 6.31. The number of carbonyl (C=O) groups excluding carboxylic acids is 2. The highest BCUT2D eigenvalue weighted by atomic mass is 35.5. The van der Waals surface area contributed by atoms with Gasteiger partial charge in [-0.2, -0.15) is 13.2 Å². The van der Waals surface area contributed by atoms with E-state index in [1.807, 2.05) is 0 Å². The summed E-state index contributed by atoms with van der Waals surface area (Å²) in [5, 5.41) is 3.06. The van der Waals surface area contributed by atoms with Gasteiger partial charge in [0.1, 0.15) is 11.8 Å². The van der Waals surface area contributed by atoms with E-state index in [1.54, 1.807) is 12.1 Å². The molecule has 1 heterocycles. The second kappa shape index (κ2) is 7.77. The van der Waals surface area contributed by atoms with Crippen LogP contribution in [0.1, 0.15) is 12.8 Å².